The maximum absolute atomic E-state index is 5.44. The zero-order chi connectivity index (χ0) is 12.1. The van der Waals surface area contributed by atoms with Crippen LogP contribution >= 0.6 is 0 Å². The highest BCUT2D eigenvalue weighted by molar-refractivity contribution is 5.71. The van der Waals surface area contributed by atoms with Crippen LogP contribution in [-0.4, -0.2) is 13.7 Å². The molecule has 0 saturated carbocycles. The average molecular weight is 231 g/mol. The molecule has 1 aliphatic carbocycles. The van der Waals surface area contributed by atoms with Gasteiger partial charge in [0.1, 0.15) is 5.75 Å². The first-order chi connectivity index (χ1) is 8.35. The second kappa shape index (κ2) is 5.76. The number of ether oxygens (including phenoxy) is 1. The van der Waals surface area contributed by atoms with Crippen LogP contribution in [0.25, 0.3) is 5.57 Å². The molecule has 0 unspecified atom stereocenters. The van der Waals surface area contributed by atoms with Crippen LogP contribution in [0.4, 0.5) is 5.69 Å². The molecule has 1 aromatic carbocycles. The topological polar surface area (TPSA) is 21.3 Å². The van der Waals surface area contributed by atoms with Crippen LogP contribution in [0.1, 0.15) is 38.2 Å². The average Bonchev–Trinajstić information content (AvgIpc) is 2.40. The summed E-state index contributed by atoms with van der Waals surface area (Å²) in [5.74, 6) is 0.941. The summed E-state index contributed by atoms with van der Waals surface area (Å²) in [6, 6.07) is 6.46. The van der Waals surface area contributed by atoms with Crippen molar-refractivity contribution in [3.63, 3.8) is 0 Å². The minimum absolute atomic E-state index is 0.915. The van der Waals surface area contributed by atoms with Crippen molar-refractivity contribution in [2.45, 2.75) is 32.6 Å². The van der Waals surface area contributed by atoms with Gasteiger partial charge in [0, 0.05) is 6.54 Å². The first kappa shape index (κ1) is 12.0. The number of methoxy groups -OCH3 is 1. The Kier molecular flexibility index (Phi) is 4.08. The van der Waals surface area contributed by atoms with Crippen LogP contribution in [0.2, 0.25) is 0 Å². The van der Waals surface area contributed by atoms with Gasteiger partial charge in [0.25, 0.3) is 0 Å². The molecule has 2 nitrogen and oxygen atoms in total. The predicted octanol–water partition coefficient (Wildman–Crippen LogP) is 4.08. The van der Waals surface area contributed by atoms with Gasteiger partial charge in [-0.25, -0.2) is 0 Å². The highest BCUT2D eigenvalue weighted by Crippen LogP contribution is 2.32. The summed E-state index contributed by atoms with van der Waals surface area (Å²) in [6.07, 6.45) is 7.42. The summed E-state index contributed by atoms with van der Waals surface area (Å²) in [5.41, 5.74) is 3.86. The zero-order valence-electron chi connectivity index (χ0n) is 10.8. The number of anilines is 1. The van der Waals surface area contributed by atoms with Crippen molar-refractivity contribution in [2.24, 2.45) is 0 Å². The summed E-state index contributed by atoms with van der Waals surface area (Å²) in [4.78, 5) is 0. The van der Waals surface area contributed by atoms with E-state index in [2.05, 4.69) is 36.5 Å². The Morgan fingerprint density at radius 1 is 1.29 bits per heavy atom. The molecule has 0 atom stereocenters. The maximum Gasteiger partial charge on any atom is 0.142 e. The normalized spacial score (nSPS) is 15.3. The first-order valence-electron chi connectivity index (χ1n) is 6.46. The number of hydrogen-bond acceptors (Lipinski definition) is 2. The van der Waals surface area contributed by atoms with Crippen LogP contribution in [0, 0.1) is 0 Å². The smallest absolute Gasteiger partial charge is 0.142 e. The Morgan fingerprint density at radius 3 is 2.82 bits per heavy atom. The van der Waals surface area contributed by atoms with E-state index >= 15 is 0 Å². The molecular weight excluding hydrogens is 210 g/mol. The highest BCUT2D eigenvalue weighted by atomic mass is 16.5. The third-order valence-electron chi connectivity index (χ3n) is 3.23. The van der Waals surface area contributed by atoms with Crippen molar-refractivity contribution in [1.29, 1.82) is 0 Å². The maximum atomic E-state index is 5.44. The van der Waals surface area contributed by atoms with Crippen molar-refractivity contribution in [1.82, 2.24) is 0 Å². The fraction of sp³-hybridized carbons (Fsp3) is 0.467. The predicted molar refractivity (Wildman–Crippen MR) is 73.6 cm³/mol. The lowest BCUT2D eigenvalue weighted by Crippen LogP contribution is -2.00. The van der Waals surface area contributed by atoms with E-state index in [1.165, 1.54) is 36.8 Å². The number of nitrogens with one attached hydrogen (secondary N) is 1. The van der Waals surface area contributed by atoms with Gasteiger partial charge >= 0.3 is 0 Å². The molecule has 1 aliphatic rings. The zero-order valence-corrected chi connectivity index (χ0v) is 10.8. The van der Waals surface area contributed by atoms with E-state index in [0.29, 0.717) is 0 Å². The Balaban J connectivity index is 2.27. The quantitative estimate of drug-likeness (QED) is 0.843. The Hall–Kier alpha value is -1.44. The lowest BCUT2D eigenvalue weighted by atomic mass is 9.93. The molecule has 1 N–H and O–H groups in total. The summed E-state index contributed by atoms with van der Waals surface area (Å²) < 4.78 is 5.44. The van der Waals surface area contributed by atoms with Gasteiger partial charge in [0.2, 0.25) is 0 Å². The second-order valence-electron chi connectivity index (χ2n) is 4.42. The van der Waals surface area contributed by atoms with E-state index in [-0.39, 0.29) is 0 Å². The minimum Gasteiger partial charge on any atom is -0.495 e. The van der Waals surface area contributed by atoms with Gasteiger partial charge in [-0.2, -0.15) is 0 Å². The van der Waals surface area contributed by atoms with Gasteiger partial charge < -0.3 is 10.1 Å². The highest BCUT2D eigenvalue weighted by Gasteiger charge is 2.09. The van der Waals surface area contributed by atoms with Crippen LogP contribution in [0.5, 0.6) is 5.75 Å². The van der Waals surface area contributed by atoms with E-state index < -0.39 is 0 Å². The van der Waals surface area contributed by atoms with Crippen molar-refractivity contribution in [3.8, 4) is 5.75 Å². The fourth-order valence-electron chi connectivity index (χ4n) is 2.33. The van der Waals surface area contributed by atoms with Gasteiger partial charge in [-0.15, -0.1) is 0 Å². The number of rotatable bonds is 4. The molecule has 0 aliphatic heterocycles. The largest absolute Gasteiger partial charge is 0.495 e. The number of allylic oxidation sites excluding steroid dienone is 2. The Labute approximate surface area is 104 Å². The summed E-state index contributed by atoms with van der Waals surface area (Å²) in [5, 5.41) is 3.31. The summed E-state index contributed by atoms with van der Waals surface area (Å²) >= 11 is 0. The summed E-state index contributed by atoms with van der Waals surface area (Å²) in [7, 11) is 1.73. The Morgan fingerprint density at radius 2 is 2.18 bits per heavy atom. The van der Waals surface area contributed by atoms with Crippen molar-refractivity contribution in [3.05, 3.63) is 29.8 Å². The molecule has 0 aromatic heterocycles. The molecular formula is C15H21NO. The molecule has 0 spiro atoms. The second-order valence-corrected chi connectivity index (χ2v) is 4.42. The van der Waals surface area contributed by atoms with Crippen LogP contribution in [-0.2, 0) is 0 Å². The molecule has 0 heterocycles. The number of hydrogen-bond donors (Lipinski definition) is 1. The van der Waals surface area contributed by atoms with Crippen molar-refractivity contribution >= 4 is 11.3 Å². The van der Waals surface area contributed by atoms with Crippen molar-refractivity contribution in [2.75, 3.05) is 19.0 Å². The lowest BCUT2D eigenvalue weighted by molar-refractivity contribution is 0.416. The Bertz CT molecular complexity index is 409. The van der Waals surface area contributed by atoms with E-state index in [1.807, 2.05) is 0 Å². The molecule has 17 heavy (non-hydrogen) atoms. The van der Waals surface area contributed by atoms with Crippen LogP contribution in [0.3, 0.4) is 0 Å². The standard InChI is InChI=1S/C15H21NO/c1-3-16-14-10-9-13(11-15(14)17-2)12-7-5-4-6-8-12/h7,9-11,16H,3-6,8H2,1-2H3. The van der Waals surface area contributed by atoms with E-state index in [1.54, 1.807) is 7.11 Å². The van der Waals surface area contributed by atoms with Gasteiger partial charge in [-0.1, -0.05) is 12.1 Å². The minimum atomic E-state index is 0.915. The molecule has 0 amide bonds. The van der Waals surface area contributed by atoms with Crippen LogP contribution in [0.15, 0.2) is 24.3 Å². The van der Waals surface area contributed by atoms with Crippen molar-refractivity contribution < 1.29 is 4.74 Å². The van der Waals surface area contributed by atoms with Gasteiger partial charge in [0.05, 0.1) is 12.8 Å². The number of benzene rings is 1. The first-order valence-corrected chi connectivity index (χ1v) is 6.46. The van der Waals surface area contributed by atoms with E-state index in [4.69, 9.17) is 4.74 Å². The SMILES string of the molecule is CCNc1ccc(C2=CCCCC2)cc1OC. The monoisotopic (exact) mass is 231 g/mol. The van der Waals surface area contributed by atoms with Crippen LogP contribution < -0.4 is 10.1 Å². The fourth-order valence-corrected chi connectivity index (χ4v) is 2.33. The molecule has 1 aromatic rings. The van der Waals surface area contributed by atoms with Gasteiger partial charge in [0.15, 0.2) is 0 Å². The molecule has 92 valence electrons. The van der Waals surface area contributed by atoms with E-state index in [0.717, 1.165) is 18.0 Å². The third-order valence-corrected chi connectivity index (χ3v) is 3.23. The molecule has 0 fully saturated rings. The molecule has 0 saturated heterocycles. The molecule has 0 bridgehead atoms. The lowest BCUT2D eigenvalue weighted by Gasteiger charge is -2.16. The molecule has 0 radical (unpaired) electrons. The van der Waals surface area contributed by atoms with Gasteiger partial charge in [-0.05, 0) is 55.9 Å². The molecule has 2 heteroatoms. The third kappa shape index (κ3) is 2.82. The molecule has 2 rings (SSSR count). The van der Waals surface area contributed by atoms with E-state index in [9.17, 15) is 0 Å². The summed E-state index contributed by atoms with van der Waals surface area (Å²) in [6.45, 7) is 3.01. The van der Waals surface area contributed by atoms with Gasteiger partial charge in [-0.3, -0.25) is 0 Å².